The van der Waals surface area contributed by atoms with Gasteiger partial charge in [-0.15, -0.1) is 24.5 Å². The highest BCUT2D eigenvalue weighted by molar-refractivity contribution is 7.18. The van der Waals surface area contributed by atoms with E-state index in [-0.39, 0.29) is 60.5 Å². The van der Waals surface area contributed by atoms with Gasteiger partial charge in [-0.3, -0.25) is 9.59 Å². The Bertz CT molecular complexity index is 1210. The molecule has 0 bridgehead atoms. The number of phenols is 1. The number of aromatic hydroxyl groups is 1. The second kappa shape index (κ2) is 10.7. The number of ether oxygens (including phenoxy) is 1. The number of carbonyl (C=O) groups is 2. The highest BCUT2D eigenvalue weighted by Crippen LogP contribution is 2.34. The van der Waals surface area contributed by atoms with Crippen LogP contribution in [0.15, 0.2) is 42.5 Å². The minimum absolute atomic E-state index is 0.0108. The molecule has 34 heavy (non-hydrogen) atoms. The molecular weight excluding hydrogens is 540 g/mol. The number of halogens is 6. The largest absolute Gasteiger partial charge is 0.573 e. The first-order chi connectivity index (χ1) is 15.9. The molecule has 0 saturated carbocycles. The van der Waals surface area contributed by atoms with Crippen molar-refractivity contribution in [2.75, 3.05) is 11.9 Å². The number of para-hydroxylation sites is 1. The van der Waals surface area contributed by atoms with E-state index < -0.39 is 18.2 Å². The van der Waals surface area contributed by atoms with Crippen molar-refractivity contribution in [3.8, 4) is 11.5 Å². The molecule has 3 rings (SSSR count). The highest BCUT2D eigenvalue weighted by Gasteiger charge is 2.32. The van der Waals surface area contributed by atoms with E-state index >= 15 is 0 Å². The van der Waals surface area contributed by atoms with Crippen LogP contribution in [0, 0.1) is 0 Å². The number of thiophene rings is 1. The summed E-state index contributed by atoms with van der Waals surface area (Å²) >= 11 is 18.6. The first kappa shape index (κ1) is 26.0. The summed E-state index contributed by atoms with van der Waals surface area (Å²) in [5.74, 6) is -1.99. The van der Waals surface area contributed by atoms with Crippen LogP contribution in [0.25, 0.3) is 0 Å². The third-order valence-corrected chi connectivity index (χ3v) is 6.15. The van der Waals surface area contributed by atoms with Crippen LogP contribution in [-0.2, 0) is 6.42 Å². The van der Waals surface area contributed by atoms with Crippen molar-refractivity contribution in [1.29, 1.82) is 0 Å². The van der Waals surface area contributed by atoms with Gasteiger partial charge in [0.1, 0.15) is 10.6 Å². The van der Waals surface area contributed by atoms with E-state index in [2.05, 4.69) is 15.4 Å². The minimum Gasteiger partial charge on any atom is -0.505 e. The molecule has 0 atom stereocenters. The lowest BCUT2D eigenvalue weighted by Crippen LogP contribution is -2.26. The number of nitrogens with one attached hydrogen (secondary N) is 2. The maximum atomic E-state index is 12.7. The molecule has 3 N–H and O–H groups in total. The molecule has 2 amide bonds. The SMILES string of the molecule is O=C(Nc1cc(Cl)sc1C(=O)NCCc1ccccc1OC(F)(F)F)c1cc(Cl)c(O)c(Cl)c1. The molecule has 0 aliphatic carbocycles. The smallest absolute Gasteiger partial charge is 0.505 e. The fourth-order valence-electron chi connectivity index (χ4n) is 2.84. The van der Waals surface area contributed by atoms with Crippen LogP contribution >= 0.6 is 46.1 Å². The third-order valence-electron chi connectivity index (χ3n) is 4.31. The van der Waals surface area contributed by atoms with E-state index in [0.717, 1.165) is 11.3 Å². The lowest BCUT2D eigenvalue weighted by molar-refractivity contribution is -0.274. The minimum atomic E-state index is -4.84. The molecule has 0 saturated heterocycles. The normalized spacial score (nSPS) is 11.2. The van der Waals surface area contributed by atoms with Crippen molar-refractivity contribution in [3.05, 3.63) is 72.9 Å². The van der Waals surface area contributed by atoms with Gasteiger partial charge in [-0.1, -0.05) is 53.0 Å². The molecule has 13 heteroatoms. The average Bonchev–Trinajstić information content (AvgIpc) is 3.11. The van der Waals surface area contributed by atoms with E-state index in [1.807, 2.05) is 0 Å². The number of carbonyl (C=O) groups excluding carboxylic acids is 2. The fourth-order valence-corrected chi connectivity index (χ4v) is 4.42. The highest BCUT2D eigenvalue weighted by atomic mass is 35.5. The lowest BCUT2D eigenvalue weighted by atomic mass is 10.1. The maximum Gasteiger partial charge on any atom is 0.573 e. The van der Waals surface area contributed by atoms with Crippen LogP contribution in [0.5, 0.6) is 11.5 Å². The van der Waals surface area contributed by atoms with Gasteiger partial charge in [0, 0.05) is 12.1 Å². The number of rotatable bonds is 7. The maximum absolute atomic E-state index is 12.7. The van der Waals surface area contributed by atoms with Crippen molar-refractivity contribution < 1.29 is 32.6 Å². The second-order valence-electron chi connectivity index (χ2n) is 6.70. The van der Waals surface area contributed by atoms with Gasteiger partial charge in [0.05, 0.1) is 20.1 Å². The molecule has 1 heterocycles. The van der Waals surface area contributed by atoms with Crippen molar-refractivity contribution in [2.24, 2.45) is 0 Å². The van der Waals surface area contributed by atoms with Gasteiger partial charge in [-0.05, 0) is 36.2 Å². The predicted molar refractivity (Wildman–Crippen MR) is 125 cm³/mol. The van der Waals surface area contributed by atoms with Gasteiger partial charge in [-0.2, -0.15) is 0 Å². The van der Waals surface area contributed by atoms with Crippen molar-refractivity contribution in [2.45, 2.75) is 12.8 Å². The molecule has 6 nitrogen and oxygen atoms in total. The Balaban J connectivity index is 1.68. The third kappa shape index (κ3) is 6.69. The van der Waals surface area contributed by atoms with Gasteiger partial charge >= 0.3 is 6.36 Å². The fraction of sp³-hybridized carbons (Fsp3) is 0.143. The summed E-state index contributed by atoms with van der Waals surface area (Å²) in [6, 6.07) is 9.36. The zero-order valence-corrected chi connectivity index (χ0v) is 19.9. The number of amides is 2. The number of hydrogen-bond donors (Lipinski definition) is 3. The average molecular weight is 554 g/mol. The summed E-state index contributed by atoms with van der Waals surface area (Å²) in [5.41, 5.74) is 0.389. The van der Waals surface area contributed by atoms with Gasteiger partial charge < -0.3 is 20.5 Å². The Morgan fingerprint density at radius 1 is 1.03 bits per heavy atom. The summed E-state index contributed by atoms with van der Waals surface area (Å²) in [4.78, 5) is 25.3. The number of anilines is 1. The van der Waals surface area contributed by atoms with Crippen molar-refractivity contribution >= 4 is 63.6 Å². The van der Waals surface area contributed by atoms with Crippen LogP contribution in [0.4, 0.5) is 18.9 Å². The molecule has 0 fully saturated rings. The topological polar surface area (TPSA) is 87.7 Å². The number of hydrogen-bond acceptors (Lipinski definition) is 5. The Morgan fingerprint density at radius 3 is 2.32 bits per heavy atom. The molecule has 3 aromatic rings. The lowest BCUT2D eigenvalue weighted by Gasteiger charge is -2.13. The molecule has 0 radical (unpaired) electrons. The van der Waals surface area contributed by atoms with Crippen LogP contribution in [0.2, 0.25) is 14.4 Å². The molecule has 1 aromatic heterocycles. The predicted octanol–water partition coefficient (Wildman–Crippen LogP) is 6.54. The Hall–Kier alpha value is -2.66. The van der Waals surface area contributed by atoms with Crippen LogP contribution < -0.4 is 15.4 Å². The molecular formula is C21H14Cl3F3N2O4S. The van der Waals surface area contributed by atoms with Crippen LogP contribution in [0.1, 0.15) is 25.6 Å². The van der Waals surface area contributed by atoms with Crippen molar-refractivity contribution in [3.63, 3.8) is 0 Å². The van der Waals surface area contributed by atoms with Crippen LogP contribution in [0.3, 0.4) is 0 Å². The summed E-state index contributed by atoms with van der Waals surface area (Å²) < 4.78 is 41.9. The second-order valence-corrected chi connectivity index (χ2v) is 9.20. The summed E-state index contributed by atoms with van der Waals surface area (Å²) in [6.45, 7) is -0.0108. The van der Waals surface area contributed by atoms with Gasteiger partial charge in [-0.25, -0.2) is 0 Å². The summed E-state index contributed by atoms with van der Waals surface area (Å²) in [6.07, 6.45) is -4.78. The Kier molecular flexibility index (Phi) is 8.19. The zero-order valence-electron chi connectivity index (χ0n) is 16.8. The summed E-state index contributed by atoms with van der Waals surface area (Å²) in [5, 5.41) is 14.5. The molecule has 180 valence electrons. The van der Waals surface area contributed by atoms with E-state index in [0.29, 0.717) is 0 Å². The van der Waals surface area contributed by atoms with Gasteiger partial charge in [0.2, 0.25) is 0 Å². The van der Waals surface area contributed by atoms with Gasteiger partial charge in [0.25, 0.3) is 11.8 Å². The quantitative estimate of drug-likeness (QED) is 0.310. The van der Waals surface area contributed by atoms with Crippen molar-refractivity contribution in [1.82, 2.24) is 5.32 Å². The van der Waals surface area contributed by atoms with Crippen LogP contribution in [-0.4, -0.2) is 29.8 Å². The first-order valence-corrected chi connectivity index (χ1v) is 11.3. The molecule has 0 aliphatic rings. The van der Waals surface area contributed by atoms with E-state index in [1.165, 1.54) is 36.4 Å². The van der Waals surface area contributed by atoms with E-state index in [4.69, 9.17) is 34.8 Å². The monoisotopic (exact) mass is 552 g/mol. The Labute approximate surface area is 210 Å². The molecule has 0 spiro atoms. The number of phenolic OH excluding ortho intramolecular Hbond substituents is 1. The van der Waals surface area contributed by atoms with E-state index in [9.17, 15) is 27.9 Å². The van der Waals surface area contributed by atoms with Gasteiger partial charge in [0.15, 0.2) is 5.75 Å². The van der Waals surface area contributed by atoms with E-state index in [1.54, 1.807) is 6.07 Å². The molecule has 0 aliphatic heterocycles. The number of benzene rings is 2. The molecule has 0 unspecified atom stereocenters. The standard InChI is InChI=1S/C21H14Cl3F3N2O4S/c22-12-7-11(8-13(23)17(12)30)19(31)29-14-9-16(24)34-18(14)20(32)28-6-5-10-3-1-2-4-15(10)33-21(25,26)27/h1-4,7-9,30H,5-6H2,(H,28,32)(H,29,31). The zero-order chi connectivity index (χ0) is 25.0. The number of alkyl halides is 3. The summed E-state index contributed by atoms with van der Waals surface area (Å²) in [7, 11) is 0. The first-order valence-electron chi connectivity index (χ1n) is 9.35. The Morgan fingerprint density at radius 2 is 1.68 bits per heavy atom. The molecule has 2 aromatic carbocycles.